The third-order valence-electron chi connectivity index (χ3n) is 7.55. The second-order valence-electron chi connectivity index (χ2n) is 10.1. The lowest BCUT2D eigenvalue weighted by Gasteiger charge is -2.45. The second-order valence-corrected chi connectivity index (χ2v) is 10.1. The Balaban J connectivity index is 0.000000616. The van der Waals surface area contributed by atoms with Crippen LogP contribution < -0.4 is 20.1 Å². The maximum Gasteiger partial charge on any atom is 0.490 e. The van der Waals surface area contributed by atoms with Gasteiger partial charge in [0.25, 0.3) is 0 Å². The molecule has 2 amide bonds. The van der Waals surface area contributed by atoms with Crippen LogP contribution in [0.4, 0.5) is 41.2 Å². The van der Waals surface area contributed by atoms with E-state index >= 15 is 0 Å². The number of urea groups is 1. The number of carboxylic acids is 1. The van der Waals surface area contributed by atoms with Crippen LogP contribution in [-0.2, 0) is 16.4 Å². The number of nitrogens with one attached hydrogen (secondary N) is 2. The Morgan fingerprint density at radius 1 is 1.00 bits per heavy atom. The van der Waals surface area contributed by atoms with Crippen LogP contribution in [0.25, 0.3) is 0 Å². The van der Waals surface area contributed by atoms with Gasteiger partial charge in [0.1, 0.15) is 5.82 Å². The zero-order chi connectivity index (χ0) is 31.5. The monoisotopic (exact) mass is 609 g/mol. The predicted molar refractivity (Wildman–Crippen MR) is 137 cm³/mol. The van der Waals surface area contributed by atoms with Crippen molar-refractivity contribution in [2.24, 2.45) is 0 Å². The SMILES string of the molecule is COc1ccc(C23CCC(NC(=O)Nc4cc(F)cc(C(F)(F)F)c4)CC2N(C)CC3)cc1OC.O=C(O)C(F)(F)F. The fraction of sp³-hybridized carbons (Fsp3) is 0.481. The lowest BCUT2D eigenvalue weighted by molar-refractivity contribution is -0.192. The molecule has 0 aromatic heterocycles. The molecule has 1 aliphatic carbocycles. The number of anilines is 1. The van der Waals surface area contributed by atoms with Crippen molar-refractivity contribution in [2.45, 2.75) is 55.5 Å². The van der Waals surface area contributed by atoms with Gasteiger partial charge in [0, 0.05) is 23.2 Å². The average Bonchev–Trinajstić information content (AvgIpc) is 3.24. The molecule has 42 heavy (non-hydrogen) atoms. The number of likely N-dealkylation sites (N-methyl/N-ethyl adjacent to an activating group) is 1. The third kappa shape index (κ3) is 7.55. The number of likely N-dealkylation sites (tertiary alicyclic amines) is 1. The molecule has 2 fully saturated rings. The van der Waals surface area contributed by atoms with Gasteiger partial charge in [0.15, 0.2) is 11.5 Å². The summed E-state index contributed by atoms with van der Waals surface area (Å²) in [4.78, 5) is 23.7. The molecule has 3 N–H and O–H groups in total. The van der Waals surface area contributed by atoms with Crippen molar-refractivity contribution in [2.75, 3.05) is 33.1 Å². The van der Waals surface area contributed by atoms with E-state index in [1.807, 2.05) is 12.1 Å². The molecule has 2 aliphatic rings. The van der Waals surface area contributed by atoms with Gasteiger partial charge in [-0.2, -0.15) is 26.3 Å². The molecule has 0 radical (unpaired) electrons. The molecule has 15 heteroatoms. The van der Waals surface area contributed by atoms with Crippen LogP contribution in [0, 0.1) is 5.82 Å². The number of rotatable bonds is 5. The van der Waals surface area contributed by atoms with Crippen molar-refractivity contribution in [1.82, 2.24) is 10.2 Å². The molecule has 1 saturated carbocycles. The highest BCUT2D eigenvalue weighted by molar-refractivity contribution is 5.89. The molecule has 2 aromatic rings. The van der Waals surface area contributed by atoms with Gasteiger partial charge in [-0.15, -0.1) is 0 Å². The van der Waals surface area contributed by atoms with Crippen molar-refractivity contribution in [3.05, 3.63) is 53.3 Å². The normalized spacial score (nSPS) is 22.3. The van der Waals surface area contributed by atoms with Crippen LogP contribution in [0.2, 0.25) is 0 Å². The number of benzene rings is 2. The molecule has 1 aliphatic heterocycles. The van der Waals surface area contributed by atoms with Gasteiger partial charge >= 0.3 is 24.4 Å². The van der Waals surface area contributed by atoms with Gasteiger partial charge in [-0.05, 0) is 75.2 Å². The molecule has 0 spiro atoms. The van der Waals surface area contributed by atoms with E-state index in [0.29, 0.717) is 30.4 Å². The minimum Gasteiger partial charge on any atom is -0.493 e. The van der Waals surface area contributed by atoms with Crippen LogP contribution in [0.15, 0.2) is 36.4 Å². The number of methoxy groups -OCH3 is 2. The highest BCUT2D eigenvalue weighted by Crippen LogP contribution is 2.50. The van der Waals surface area contributed by atoms with E-state index in [4.69, 9.17) is 19.4 Å². The number of amides is 2. The Bertz CT molecular complexity index is 1290. The minimum atomic E-state index is -5.08. The Labute approximate surface area is 236 Å². The standard InChI is InChI=1S/C25H29F4N3O3.C2HF3O2/c1-32-9-8-24(15-4-5-20(34-2)21(12-15)35-3)7-6-18(14-22(24)32)30-23(33)31-19-11-16(25(27,28)29)10-17(26)13-19;3-2(4,5)1(6)7/h4-5,10-13,18,22H,6-9,14H2,1-3H3,(H2,30,31,33);(H,6,7). The number of fused-ring (bicyclic) bond motifs is 1. The lowest BCUT2D eigenvalue weighted by Crippen LogP contribution is -2.52. The van der Waals surface area contributed by atoms with E-state index in [9.17, 15) is 35.5 Å². The van der Waals surface area contributed by atoms with Gasteiger partial charge in [0.05, 0.1) is 19.8 Å². The number of alkyl halides is 6. The Morgan fingerprint density at radius 3 is 2.21 bits per heavy atom. The molecule has 1 saturated heterocycles. The van der Waals surface area contributed by atoms with Gasteiger partial charge in [-0.1, -0.05) is 6.07 Å². The Morgan fingerprint density at radius 2 is 1.64 bits per heavy atom. The molecule has 3 atom stereocenters. The van der Waals surface area contributed by atoms with Crippen molar-refractivity contribution >= 4 is 17.7 Å². The number of hydrogen-bond acceptors (Lipinski definition) is 5. The number of halogens is 7. The van der Waals surface area contributed by atoms with Gasteiger partial charge in [0.2, 0.25) is 0 Å². The molecular weight excluding hydrogens is 579 g/mol. The number of carboxylic acid groups (broad SMARTS) is 1. The summed E-state index contributed by atoms with van der Waals surface area (Å²) in [6.07, 6.45) is -6.64. The quantitative estimate of drug-likeness (QED) is 0.370. The Kier molecular flexibility index (Phi) is 9.85. The maximum absolute atomic E-state index is 13.7. The first-order valence-electron chi connectivity index (χ1n) is 12.7. The first-order valence-corrected chi connectivity index (χ1v) is 12.7. The zero-order valence-corrected chi connectivity index (χ0v) is 22.8. The molecule has 8 nitrogen and oxygen atoms in total. The van der Waals surface area contributed by atoms with E-state index in [1.165, 1.54) is 0 Å². The topological polar surface area (TPSA) is 100 Å². The molecular formula is C27H30F7N3O5. The third-order valence-corrected chi connectivity index (χ3v) is 7.55. The van der Waals surface area contributed by atoms with Crippen LogP contribution >= 0.6 is 0 Å². The summed E-state index contributed by atoms with van der Waals surface area (Å²) in [6.45, 7) is 0.904. The van der Waals surface area contributed by atoms with E-state index in [-0.39, 0.29) is 23.2 Å². The molecule has 232 valence electrons. The molecule has 1 heterocycles. The van der Waals surface area contributed by atoms with Crippen molar-refractivity contribution in [3.8, 4) is 11.5 Å². The molecule has 2 aromatic carbocycles. The summed E-state index contributed by atoms with van der Waals surface area (Å²) in [5, 5.41) is 12.3. The van der Waals surface area contributed by atoms with Crippen molar-refractivity contribution in [3.63, 3.8) is 0 Å². The Hall–Kier alpha value is -3.75. The molecule has 3 unspecified atom stereocenters. The fourth-order valence-corrected chi connectivity index (χ4v) is 5.57. The van der Waals surface area contributed by atoms with E-state index in [0.717, 1.165) is 37.1 Å². The van der Waals surface area contributed by atoms with Crippen LogP contribution in [0.1, 0.15) is 36.8 Å². The number of carbonyl (C=O) groups is 2. The van der Waals surface area contributed by atoms with Crippen LogP contribution in [0.5, 0.6) is 11.5 Å². The van der Waals surface area contributed by atoms with Crippen LogP contribution in [0.3, 0.4) is 0 Å². The lowest BCUT2D eigenvalue weighted by atomic mass is 9.65. The molecule has 4 rings (SSSR count). The summed E-state index contributed by atoms with van der Waals surface area (Å²) >= 11 is 0. The van der Waals surface area contributed by atoms with Gasteiger partial charge < -0.3 is 30.1 Å². The van der Waals surface area contributed by atoms with Crippen molar-refractivity contribution < 1.29 is 54.9 Å². The summed E-state index contributed by atoms with van der Waals surface area (Å²) in [7, 11) is 5.26. The van der Waals surface area contributed by atoms with E-state index in [2.05, 4.69) is 28.6 Å². The largest absolute Gasteiger partial charge is 0.493 e. The number of nitrogens with zero attached hydrogens (tertiary/aromatic N) is 1. The fourth-order valence-electron chi connectivity index (χ4n) is 5.57. The predicted octanol–water partition coefficient (Wildman–Crippen LogP) is 5.81. The van der Waals surface area contributed by atoms with Crippen LogP contribution in [-0.4, -0.2) is 68.1 Å². The van der Waals surface area contributed by atoms with Gasteiger partial charge in [-0.25, -0.2) is 14.0 Å². The minimum absolute atomic E-state index is 0.104. The summed E-state index contributed by atoms with van der Waals surface area (Å²) in [5.74, 6) is -2.50. The molecule has 0 bridgehead atoms. The number of ether oxygens (including phenoxy) is 2. The second kappa shape index (κ2) is 12.6. The number of hydrogen-bond donors (Lipinski definition) is 3. The summed E-state index contributed by atoms with van der Waals surface area (Å²) < 4.78 is 95.2. The highest BCUT2D eigenvalue weighted by atomic mass is 19.4. The summed E-state index contributed by atoms with van der Waals surface area (Å²) in [5.41, 5.74) is -0.347. The zero-order valence-electron chi connectivity index (χ0n) is 22.8. The number of aliphatic carboxylic acids is 1. The average molecular weight is 610 g/mol. The van der Waals surface area contributed by atoms with Crippen molar-refractivity contribution in [1.29, 1.82) is 0 Å². The highest BCUT2D eigenvalue weighted by Gasteiger charge is 2.50. The first kappa shape index (κ1) is 32.8. The van der Waals surface area contributed by atoms with E-state index in [1.54, 1.807) is 14.2 Å². The van der Waals surface area contributed by atoms with Gasteiger partial charge in [-0.3, -0.25) is 0 Å². The number of carbonyl (C=O) groups excluding carboxylic acids is 1. The first-order chi connectivity index (χ1) is 19.5. The maximum atomic E-state index is 13.7. The summed E-state index contributed by atoms with van der Waals surface area (Å²) in [6, 6.07) is 7.30. The smallest absolute Gasteiger partial charge is 0.490 e. The van der Waals surface area contributed by atoms with E-state index < -0.39 is 35.7 Å².